The Morgan fingerprint density at radius 1 is 0.946 bits per heavy atom. The van der Waals surface area contributed by atoms with Crippen LogP contribution in [-0.4, -0.2) is 42.6 Å². The number of amides is 1. The van der Waals surface area contributed by atoms with Crippen LogP contribution in [0.25, 0.3) is 0 Å². The van der Waals surface area contributed by atoms with Crippen molar-refractivity contribution in [3.63, 3.8) is 0 Å². The zero-order valence-electron chi connectivity index (χ0n) is 21.6. The van der Waals surface area contributed by atoms with Crippen LogP contribution in [0, 0.1) is 6.92 Å². The van der Waals surface area contributed by atoms with Gasteiger partial charge in [0.15, 0.2) is 0 Å². The van der Waals surface area contributed by atoms with Crippen LogP contribution in [0.2, 0.25) is 0 Å². The van der Waals surface area contributed by atoms with Crippen molar-refractivity contribution in [2.24, 2.45) is 0 Å². The number of nitrogens with zero attached hydrogens (tertiary/aromatic N) is 2. The van der Waals surface area contributed by atoms with Crippen molar-refractivity contribution in [2.75, 3.05) is 26.8 Å². The van der Waals surface area contributed by atoms with Gasteiger partial charge in [0.2, 0.25) is 0 Å². The van der Waals surface area contributed by atoms with Crippen molar-refractivity contribution >= 4 is 17.2 Å². The summed E-state index contributed by atoms with van der Waals surface area (Å²) in [6.07, 6.45) is 0.982. The van der Waals surface area contributed by atoms with Crippen LogP contribution in [-0.2, 0) is 17.8 Å². The van der Waals surface area contributed by atoms with E-state index < -0.39 is 0 Å². The minimum absolute atomic E-state index is 0.155. The summed E-state index contributed by atoms with van der Waals surface area (Å²) in [5.74, 6) is 0.152. The molecule has 1 N–H and O–H groups in total. The lowest BCUT2D eigenvalue weighted by Gasteiger charge is -2.25. The standard InChI is InChI=1S/C31H35N3O2S/c1-24-13-15-25(16-14-24)21-34(22-30-33-29(23-37-30)31(35)32-18-20-36-2)19-17-28(26-9-5-3-6-10-26)27-11-7-4-8-12-27/h3-16,23,28H,17-22H2,1-2H3,(H,32,35). The monoisotopic (exact) mass is 513 g/mol. The molecule has 0 bridgehead atoms. The molecule has 37 heavy (non-hydrogen) atoms. The molecule has 5 nitrogen and oxygen atoms in total. The number of hydrogen-bond acceptors (Lipinski definition) is 5. The van der Waals surface area contributed by atoms with E-state index >= 15 is 0 Å². The Morgan fingerprint density at radius 3 is 2.22 bits per heavy atom. The first-order valence-corrected chi connectivity index (χ1v) is 13.6. The van der Waals surface area contributed by atoms with Gasteiger partial charge in [0, 0.05) is 31.5 Å². The Bertz CT molecular complexity index is 1190. The van der Waals surface area contributed by atoms with Gasteiger partial charge < -0.3 is 10.1 Å². The van der Waals surface area contributed by atoms with E-state index in [-0.39, 0.29) is 5.91 Å². The molecule has 192 valence electrons. The molecular weight excluding hydrogens is 478 g/mol. The second-order valence-electron chi connectivity index (χ2n) is 9.23. The Morgan fingerprint density at radius 2 is 1.59 bits per heavy atom. The third kappa shape index (κ3) is 8.09. The molecule has 1 heterocycles. The minimum atomic E-state index is -0.155. The molecule has 0 saturated carbocycles. The lowest BCUT2D eigenvalue weighted by atomic mass is 9.88. The summed E-state index contributed by atoms with van der Waals surface area (Å²) >= 11 is 1.54. The van der Waals surface area contributed by atoms with Gasteiger partial charge in [0.25, 0.3) is 5.91 Å². The van der Waals surface area contributed by atoms with Crippen LogP contribution in [0.4, 0.5) is 0 Å². The van der Waals surface area contributed by atoms with Crippen LogP contribution in [0.15, 0.2) is 90.3 Å². The molecule has 0 fully saturated rings. The van der Waals surface area contributed by atoms with Gasteiger partial charge in [-0.05, 0) is 36.6 Å². The van der Waals surface area contributed by atoms with Gasteiger partial charge in [0.05, 0.1) is 13.2 Å². The number of aryl methyl sites for hydroxylation is 1. The number of methoxy groups -OCH3 is 1. The molecule has 0 aliphatic carbocycles. The molecule has 4 aromatic rings. The lowest BCUT2D eigenvalue weighted by Crippen LogP contribution is -2.28. The summed E-state index contributed by atoms with van der Waals surface area (Å²) in [4.78, 5) is 19.5. The molecule has 1 amide bonds. The van der Waals surface area contributed by atoms with Crippen molar-refractivity contribution in [1.29, 1.82) is 0 Å². The fourth-order valence-electron chi connectivity index (χ4n) is 4.41. The van der Waals surface area contributed by atoms with Gasteiger partial charge >= 0.3 is 0 Å². The van der Waals surface area contributed by atoms with Crippen molar-refractivity contribution in [2.45, 2.75) is 32.4 Å². The van der Waals surface area contributed by atoms with Gasteiger partial charge in [-0.2, -0.15) is 0 Å². The molecule has 4 rings (SSSR count). The predicted octanol–water partition coefficient (Wildman–Crippen LogP) is 6.05. The SMILES string of the molecule is COCCNC(=O)c1csc(CN(CCC(c2ccccc2)c2ccccc2)Cc2ccc(C)cc2)n1. The number of hydrogen-bond donors (Lipinski definition) is 1. The summed E-state index contributed by atoms with van der Waals surface area (Å²) in [6, 6.07) is 30.2. The second-order valence-corrected chi connectivity index (χ2v) is 10.2. The number of aromatic nitrogens is 1. The third-order valence-corrected chi connectivity index (χ3v) is 7.23. The summed E-state index contributed by atoms with van der Waals surface area (Å²) in [6.45, 7) is 5.49. The minimum Gasteiger partial charge on any atom is -0.383 e. The summed E-state index contributed by atoms with van der Waals surface area (Å²) in [7, 11) is 1.62. The van der Waals surface area contributed by atoms with Gasteiger partial charge in [0.1, 0.15) is 10.7 Å². The van der Waals surface area contributed by atoms with E-state index in [9.17, 15) is 4.79 Å². The van der Waals surface area contributed by atoms with E-state index in [4.69, 9.17) is 4.74 Å². The van der Waals surface area contributed by atoms with Crippen LogP contribution in [0.3, 0.4) is 0 Å². The molecule has 0 spiro atoms. The van der Waals surface area contributed by atoms with E-state index in [1.807, 2.05) is 5.38 Å². The number of nitrogens with one attached hydrogen (secondary N) is 1. The summed E-state index contributed by atoms with van der Waals surface area (Å²) < 4.78 is 5.02. The predicted molar refractivity (Wildman–Crippen MR) is 151 cm³/mol. The molecular formula is C31H35N3O2S. The molecule has 3 aromatic carbocycles. The highest BCUT2D eigenvalue weighted by molar-refractivity contribution is 7.09. The summed E-state index contributed by atoms with van der Waals surface area (Å²) in [5.41, 5.74) is 5.66. The lowest BCUT2D eigenvalue weighted by molar-refractivity contribution is 0.0932. The first-order valence-electron chi connectivity index (χ1n) is 12.7. The van der Waals surface area contributed by atoms with Crippen molar-refractivity contribution in [3.8, 4) is 0 Å². The molecule has 0 saturated heterocycles. The van der Waals surface area contributed by atoms with Crippen molar-refractivity contribution in [1.82, 2.24) is 15.2 Å². The van der Waals surface area contributed by atoms with Gasteiger partial charge in [-0.3, -0.25) is 9.69 Å². The molecule has 0 unspecified atom stereocenters. The highest BCUT2D eigenvalue weighted by atomic mass is 32.1. The number of thiazole rings is 1. The van der Waals surface area contributed by atoms with E-state index in [1.165, 1.54) is 22.3 Å². The van der Waals surface area contributed by atoms with Gasteiger partial charge in [-0.1, -0.05) is 90.5 Å². The zero-order chi connectivity index (χ0) is 25.9. The first-order chi connectivity index (χ1) is 18.1. The average molecular weight is 514 g/mol. The van der Waals surface area contributed by atoms with Crippen molar-refractivity contribution < 1.29 is 9.53 Å². The fraction of sp³-hybridized carbons (Fsp3) is 0.290. The third-order valence-electron chi connectivity index (χ3n) is 6.40. The van der Waals surface area contributed by atoms with Crippen LogP contribution < -0.4 is 5.32 Å². The van der Waals surface area contributed by atoms with Crippen LogP contribution in [0.5, 0.6) is 0 Å². The molecule has 1 aromatic heterocycles. The second kappa shape index (κ2) is 13.8. The normalized spacial score (nSPS) is 11.2. The Labute approximate surface area is 224 Å². The topological polar surface area (TPSA) is 54.5 Å². The maximum Gasteiger partial charge on any atom is 0.270 e. The average Bonchev–Trinajstić information content (AvgIpc) is 3.40. The first kappa shape index (κ1) is 26.7. The number of rotatable bonds is 13. The Hall–Kier alpha value is -3.32. The van der Waals surface area contributed by atoms with E-state index in [0.717, 1.165) is 24.5 Å². The highest BCUT2D eigenvalue weighted by Gasteiger charge is 2.18. The van der Waals surface area contributed by atoms with E-state index in [0.29, 0.717) is 31.3 Å². The highest BCUT2D eigenvalue weighted by Crippen LogP contribution is 2.29. The molecule has 0 aliphatic heterocycles. The molecule has 0 radical (unpaired) electrons. The van der Waals surface area contributed by atoms with Gasteiger partial charge in [-0.25, -0.2) is 4.98 Å². The Balaban J connectivity index is 1.50. The molecule has 0 atom stereocenters. The van der Waals surface area contributed by atoms with Crippen LogP contribution >= 0.6 is 11.3 Å². The molecule has 6 heteroatoms. The summed E-state index contributed by atoms with van der Waals surface area (Å²) in [5, 5.41) is 5.64. The maximum atomic E-state index is 12.4. The number of carbonyl (C=O) groups is 1. The number of carbonyl (C=O) groups excluding carboxylic acids is 1. The van der Waals surface area contributed by atoms with E-state index in [2.05, 4.69) is 107 Å². The number of benzene rings is 3. The number of ether oxygens (including phenoxy) is 1. The quantitative estimate of drug-likeness (QED) is 0.221. The smallest absolute Gasteiger partial charge is 0.270 e. The maximum absolute atomic E-state index is 12.4. The fourth-order valence-corrected chi connectivity index (χ4v) is 5.23. The van der Waals surface area contributed by atoms with E-state index in [1.54, 1.807) is 18.4 Å². The van der Waals surface area contributed by atoms with Gasteiger partial charge in [-0.15, -0.1) is 11.3 Å². The largest absolute Gasteiger partial charge is 0.383 e. The van der Waals surface area contributed by atoms with Crippen LogP contribution in [0.1, 0.15) is 50.1 Å². The zero-order valence-corrected chi connectivity index (χ0v) is 22.4. The Kier molecular flexibility index (Phi) is 10.0. The van der Waals surface area contributed by atoms with Crippen molar-refractivity contribution in [3.05, 3.63) is 123 Å². The molecule has 0 aliphatic rings.